The summed E-state index contributed by atoms with van der Waals surface area (Å²) in [5.41, 5.74) is -1.22. The zero-order valence-corrected chi connectivity index (χ0v) is 10.9. The van der Waals surface area contributed by atoms with Crippen LogP contribution in [0.25, 0.3) is 0 Å². The molecule has 15 heavy (non-hydrogen) atoms. The maximum Gasteiger partial charge on any atom is 0.180 e. The van der Waals surface area contributed by atoms with Crippen molar-refractivity contribution >= 4 is 37.6 Å². The van der Waals surface area contributed by atoms with Gasteiger partial charge in [-0.25, -0.2) is 4.39 Å². The first kappa shape index (κ1) is 12.8. The van der Waals surface area contributed by atoms with E-state index in [1.807, 2.05) is 0 Å². The fourth-order valence-electron chi connectivity index (χ4n) is 1.15. The van der Waals surface area contributed by atoms with Gasteiger partial charge in [0.2, 0.25) is 0 Å². The fourth-order valence-corrected chi connectivity index (χ4v) is 2.25. The minimum Gasteiger partial charge on any atom is -0.376 e. The Labute approximate surface area is 104 Å². The largest absolute Gasteiger partial charge is 0.376 e. The Balaban J connectivity index is 3.11. The normalized spacial score (nSPS) is 14.7. The molecule has 1 aromatic rings. The molecule has 0 bridgehead atoms. The van der Waals surface area contributed by atoms with E-state index in [0.717, 1.165) is 0 Å². The molecule has 0 heterocycles. The first-order valence-electron chi connectivity index (χ1n) is 4.18. The zero-order chi connectivity index (χ0) is 11.5. The van der Waals surface area contributed by atoms with Gasteiger partial charge in [0.1, 0.15) is 5.82 Å². The van der Waals surface area contributed by atoms with Gasteiger partial charge >= 0.3 is 0 Å². The van der Waals surface area contributed by atoms with Crippen molar-refractivity contribution in [2.24, 2.45) is 0 Å². The molecule has 0 aliphatic rings. The second-order valence-electron chi connectivity index (χ2n) is 3.06. The number of hydrogen-bond donors (Lipinski definition) is 1. The average Bonchev–Trinajstić information content (AvgIpc) is 2.27. The molecule has 0 aliphatic carbocycles. The number of carbonyl (C=O) groups is 1. The van der Waals surface area contributed by atoms with E-state index in [0.29, 0.717) is 5.56 Å². The Morgan fingerprint density at radius 2 is 1.87 bits per heavy atom. The minimum atomic E-state index is -1.60. The quantitative estimate of drug-likeness (QED) is 0.855. The Hall–Kier alpha value is -0.260. The number of halogens is 3. The topological polar surface area (TPSA) is 37.3 Å². The van der Waals surface area contributed by atoms with E-state index in [2.05, 4.69) is 31.9 Å². The lowest BCUT2D eigenvalue weighted by atomic mass is 9.92. The molecular formula is C10H9Br2FO2. The Bertz CT molecular complexity index is 353. The van der Waals surface area contributed by atoms with Crippen molar-refractivity contribution in [3.8, 4) is 0 Å². The average molecular weight is 340 g/mol. The van der Waals surface area contributed by atoms with Gasteiger partial charge in [-0.1, -0.05) is 44.0 Å². The third kappa shape index (κ3) is 2.65. The molecule has 1 aromatic carbocycles. The number of rotatable bonds is 4. The summed E-state index contributed by atoms with van der Waals surface area (Å²) in [6.07, 6.45) is 0. The molecule has 82 valence electrons. The standard InChI is InChI=1S/C10H9Br2FO2/c11-5-9(14)10(15,6-12)7-1-3-8(13)4-2-7/h1-4,15H,5-6H2. The lowest BCUT2D eigenvalue weighted by Gasteiger charge is -2.23. The van der Waals surface area contributed by atoms with E-state index in [-0.39, 0.29) is 16.4 Å². The van der Waals surface area contributed by atoms with E-state index in [1.165, 1.54) is 24.3 Å². The molecule has 0 saturated heterocycles. The number of alkyl halides is 2. The summed E-state index contributed by atoms with van der Waals surface area (Å²) >= 11 is 6.08. The lowest BCUT2D eigenvalue weighted by Crippen LogP contribution is -2.38. The van der Waals surface area contributed by atoms with Gasteiger partial charge in [-0.15, -0.1) is 0 Å². The Kier molecular flexibility index (Phi) is 4.43. The highest BCUT2D eigenvalue weighted by atomic mass is 79.9. The molecule has 5 heteroatoms. The van der Waals surface area contributed by atoms with E-state index < -0.39 is 11.4 Å². The van der Waals surface area contributed by atoms with E-state index in [9.17, 15) is 14.3 Å². The lowest BCUT2D eigenvalue weighted by molar-refractivity contribution is -0.132. The number of benzene rings is 1. The third-order valence-corrected chi connectivity index (χ3v) is 3.42. The molecule has 1 N–H and O–H groups in total. The predicted molar refractivity (Wildman–Crippen MR) is 62.9 cm³/mol. The van der Waals surface area contributed by atoms with E-state index >= 15 is 0 Å². The SMILES string of the molecule is O=C(CBr)C(O)(CBr)c1ccc(F)cc1. The summed E-state index contributed by atoms with van der Waals surface area (Å²) < 4.78 is 12.7. The monoisotopic (exact) mass is 338 g/mol. The summed E-state index contributed by atoms with van der Waals surface area (Å²) in [5, 5.41) is 10.2. The summed E-state index contributed by atoms with van der Waals surface area (Å²) in [7, 11) is 0. The van der Waals surface area contributed by atoms with E-state index in [4.69, 9.17) is 0 Å². The highest BCUT2D eigenvalue weighted by molar-refractivity contribution is 9.09. The van der Waals surface area contributed by atoms with Gasteiger partial charge in [0.15, 0.2) is 11.4 Å². The van der Waals surface area contributed by atoms with Crippen molar-refractivity contribution in [1.82, 2.24) is 0 Å². The van der Waals surface area contributed by atoms with Gasteiger partial charge in [-0.3, -0.25) is 4.79 Å². The summed E-state index contributed by atoms with van der Waals surface area (Å²) in [5.74, 6) is -0.770. The number of carbonyl (C=O) groups excluding carboxylic acids is 1. The molecule has 1 unspecified atom stereocenters. The molecule has 0 amide bonds. The zero-order valence-electron chi connectivity index (χ0n) is 7.71. The van der Waals surface area contributed by atoms with Crippen molar-refractivity contribution in [1.29, 1.82) is 0 Å². The highest BCUT2D eigenvalue weighted by Crippen LogP contribution is 2.25. The first-order valence-corrected chi connectivity index (χ1v) is 6.42. The first-order chi connectivity index (χ1) is 7.04. The molecule has 1 rings (SSSR count). The second kappa shape index (κ2) is 5.18. The third-order valence-electron chi connectivity index (χ3n) is 2.10. The maximum atomic E-state index is 12.7. The summed E-state index contributed by atoms with van der Waals surface area (Å²) in [6, 6.07) is 5.23. The predicted octanol–water partition coefficient (Wildman–Crippen LogP) is 2.37. The van der Waals surface area contributed by atoms with Crippen LogP contribution in [-0.4, -0.2) is 21.5 Å². The van der Waals surface area contributed by atoms with Gasteiger partial charge in [0, 0.05) is 5.33 Å². The summed E-state index contributed by atoms with van der Waals surface area (Å²) in [4.78, 5) is 11.5. The van der Waals surface area contributed by atoms with Crippen molar-refractivity contribution in [3.05, 3.63) is 35.6 Å². The number of hydrogen-bond acceptors (Lipinski definition) is 2. The Morgan fingerprint density at radius 3 is 2.27 bits per heavy atom. The molecule has 0 saturated carbocycles. The van der Waals surface area contributed by atoms with Crippen LogP contribution in [0.5, 0.6) is 0 Å². The molecule has 0 fully saturated rings. The Morgan fingerprint density at radius 1 is 1.33 bits per heavy atom. The molecule has 0 radical (unpaired) electrons. The number of aliphatic hydroxyl groups is 1. The van der Waals surface area contributed by atoms with Crippen molar-refractivity contribution < 1.29 is 14.3 Å². The molecule has 0 aliphatic heterocycles. The van der Waals surface area contributed by atoms with Crippen molar-refractivity contribution in [2.75, 3.05) is 10.7 Å². The van der Waals surface area contributed by atoms with Gasteiger partial charge < -0.3 is 5.11 Å². The van der Waals surface area contributed by atoms with Crippen LogP contribution in [0.1, 0.15) is 5.56 Å². The minimum absolute atomic E-state index is 0.0481. The molecular weight excluding hydrogens is 331 g/mol. The fraction of sp³-hybridized carbons (Fsp3) is 0.300. The van der Waals surface area contributed by atoms with Gasteiger partial charge in [0.05, 0.1) is 5.33 Å². The van der Waals surface area contributed by atoms with Gasteiger partial charge in [-0.05, 0) is 17.7 Å². The van der Waals surface area contributed by atoms with E-state index in [1.54, 1.807) is 0 Å². The van der Waals surface area contributed by atoms with Crippen molar-refractivity contribution in [2.45, 2.75) is 5.60 Å². The van der Waals surface area contributed by atoms with Crippen LogP contribution in [0.4, 0.5) is 4.39 Å². The summed E-state index contributed by atoms with van der Waals surface area (Å²) in [6.45, 7) is 0. The second-order valence-corrected chi connectivity index (χ2v) is 4.18. The van der Waals surface area contributed by atoms with Gasteiger partial charge in [0.25, 0.3) is 0 Å². The molecule has 1 atom stereocenters. The smallest absolute Gasteiger partial charge is 0.180 e. The van der Waals surface area contributed by atoms with Crippen LogP contribution in [0.15, 0.2) is 24.3 Å². The van der Waals surface area contributed by atoms with Crippen LogP contribution in [-0.2, 0) is 10.4 Å². The van der Waals surface area contributed by atoms with Crippen LogP contribution in [0.3, 0.4) is 0 Å². The van der Waals surface area contributed by atoms with Crippen molar-refractivity contribution in [3.63, 3.8) is 0 Å². The maximum absolute atomic E-state index is 12.7. The molecule has 0 aromatic heterocycles. The molecule has 2 nitrogen and oxygen atoms in total. The number of ketones is 1. The highest BCUT2D eigenvalue weighted by Gasteiger charge is 2.35. The molecule has 0 spiro atoms. The van der Waals surface area contributed by atoms with Crippen LogP contribution >= 0.6 is 31.9 Å². The van der Waals surface area contributed by atoms with Crippen LogP contribution < -0.4 is 0 Å². The van der Waals surface area contributed by atoms with Crippen LogP contribution in [0.2, 0.25) is 0 Å². The number of Topliss-reactive ketones (excluding diaryl/α,β-unsaturated/α-hetero) is 1. The van der Waals surface area contributed by atoms with Gasteiger partial charge in [-0.2, -0.15) is 0 Å². The van der Waals surface area contributed by atoms with Crippen LogP contribution in [0, 0.1) is 5.82 Å².